The highest BCUT2D eigenvalue weighted by Gasteiger charge is 2.14. The predicted octanol–water partition coefficient (Wildman–Crippen LogP) is 5.03. The first-order valence-electron chi connectivity index (χ1n) is 9.06. The van der Waals surface area contributed by atoms with E-state index in [1.165, 1.54) is 11.8 Å². The molecule has 3 aromatic rings. The van der Waals surface area contributed by atoms with Crippen molar-refractivity contribution in [2.24, 2.45) is 0 Å². The number of carbonyl (C=O) groups excluding carboxylic acids is 1. The van der Waals surface area contributed by atoms with Gasteiger partial charge in [0.25, 0.3) is 0 Å². The minimum atomic E-state index is -0.153. The summed E-state index contributed by atoms with van der Waals surface area (Å²) in [4.78, 5) is 12.3. The maximum atomic E-state index is 12.3. The fourth-order valence-electron chi connectivity index (χ4n) is 2.57. The fraction of sp³-hybridized carbons (Fsp3) is 0.250. The van der Waals surface area contributed by atoms with Gasteiger partial charge in [-0.3, -0.25) is 4.79 Å². The molecule has 0 aliphatic heterocycles. The van der Waals surface area contributed by atoms with Gasteiger partial charge in [-0.25, -0.2) is 0 Å². The number of methoxy groups -OCH3 is 1. The third kappa shape index (κ3) is 5.90. The third-order valence-electron chi connectivity index (χ3n) is 4.07. The molecule has 30 heavy (non-hydrogen) atoms. The molecule has 0 spiro atoms. The molecule has 0 aliphatic rings. The van der Waals surface area contributed by atoms with Gasteiger partial charge in [0, 0.05) is 16.7 Å². The van der Waals surface area contributed by atoms with Gasteiger partial charge in [-0.1, -0.05) is 23.4 Å². The van der Waals surface area contributed by atoms with Crippen molar-refractivity contribution in [3.63, 3.8) is 0 Å². The van der Waals surface area contributed by atoms with E-state index in [1.54, 1.807) is 25.3 Å². The van der Waals surface area contributed by atoms with E-state index >= 15 is 0 Å². The van der Waals surface area contributed by atoms with Crippen LogP contribution in [-0.2, 0) is 17.9 Å². The molecule has 2 aromatic carbocycles. The molecular formula is C20H20BrClN4O3S. The summed E-state index contributed by atoms with van der Waals surface area (Å²) in [5, 5.41) is 12.4. The third-order valence-corrected chi connectivity index (χ3v) is 6.27. The van der Waals surface area contributed by atoms with Crippen LogP contribution in [0.5, 0.6) is 11.5 Å². The quantitative estimate of drug-likeness (QED) is 0.406. The number of benzene rings is 2. The summed E-state index contributed by atoms with van der Waals surface area (Å²) in [5.74, 6) is 2.21. The second-order valence-electron chi connectivity index (χ2n) is 6.07. The van der Waals surface area contributed by atoms with E-state index in [9.17, 15) is 4.79 Å². The number of thioether (sulfide) groups is 1. The van der Waals surface area contributed by atoms with Crippen LogP contribution in [0.4, 0.5) is 5.69 Å². The summed E-state index contributed by atoms with van der Waals surface area (Å²) in [6.45, 7) is 2.94. The zero-order chi connectivity index (χ0) is 21.5. The second-order valence-corrected chi connectivity index (χ2v) is 8.28. The van der Waals surface area contributed by atoms with Gasteiger partial charge in [0.1, 0.15) is 18.1 Å². The van der Waals surface area contributed by atoms with Gasteiger partial charge < -0.3 is 19.4 Å². The summed E-state index contributed by atoms with van der Waals surface area (Å²) in [6, 6.07) is 12.6. The summed E-state index contributed by atoms with van der Waals surface area (Å²) in [7, 11) is 1.62. The number of hydrogen-bond acceptors (Lipinski definition) is 6. The monoisotopic (exact) mass is 510 g/mol. The van der Waals surface area contributed by atoms with E-state index in [0.29, 0.717) is 34.0 Å². The molecule has 158 valence electrons. The highest BCUT2D eigenvalue weighted by molar-refractivity contribution is 9.10. The molecule has 0 unspecified atom stereocenters. The largest absolute Gasteiger partial charge is 0.497 e. The summed E-state index contributed by atoms with van der Waals surface area (Å²) >= 11 is 10.7. The van der Waals surface area contributed by atoms with Crippen molar-refractivity contribution >= 4 is 50.9 Å². The van der Waals surface area contributed by atoms with E-state index in [4.69, 9.17) is 21.1 Å². The van der Waals surface area contributed by atoms with E-state index in [1.807, 2.05) is 35.8 Å². The maximum Gasteiger partial charge on any atom is 0.234 e. The van der Waals surface area contributed by atoms with Crippen molar-refractivity contribution in [2.45, 2.75) is 25.2 Å². The minimum absolute atomic E-state index is 0.153. The molecule has 0 saturated heterocycles. The number of amides is 1. The van der Waals surface area contributed by atoms with E-state index < -0.39 is 0 Å². The molecular weight excluding hydrogens is 492 g/mol. The molecule has 0 saturated carbocycles. The number of anilines is 1. The number of halogens is 2. The van der Waals surface area contributed by atoms with Crippen LogP contribution in [0.25, 0.3) is 0 Å². The molecule has 1 aromatic heterocycles. The number of aromatic nitrogens is 3. The standard InChI is InChI=1S/C20H20BrClN4O3S/c1-3-26-18(11-29-15-7-5-14(28-2)6-8-15)24-25-20(26)30-12-19(27)23-13-4-9-16(21)17(22)10-13/h4-10H,3,11-12H2,1-2H3,(H,23,27). The maximum absolute atomic E-state index is 12.3. The zero-order valence-corrected chi connectivity index (χ0v) is 19.6. The van der Waals surface area contributed by atoms with E-state index in [2.05, 4.69) is 31.4 Å². The van der Waals surface area contributed by atoms with E-state index in [-0.39, 0.29) is 18.3 Å². The lowest BCUT2D eigenvalue weighted by Gasteiger charge is -2.09. The number of ether oxygens (including phenoxy) is 2. The molecule has 0 aliphatic carbocycles. The van der Waals surface area contributed by atoms with Gasteiger partial charge in [-0.15, -0.1) is 10.2 Å². The Balaban J connectivity index is 1.56. The highest BCUT2D eigenvalue weighted by atomic mass is 79.9. The minimum Gasteiger partial charge on any atom is -0.497 e. The number of carbonyl (C=O) groups is 1. The van der Waals surface area contributed by atoms with Crippen LogP contribution in [0.1, 0.15) is 12.7 Å². The summed E-state index contributed by atoms with van der Waals surface area (Å²) < 4.78 is 13.6. The Labute approximate surface area is 192 Å². The Morgan fingerprint density at radius 3 is 2.60 bits per heavy atom. The SMILES string of the molecule is CCn1c(COc2ccc(OC)cc2)nnc1SCC(=O)Nc1ccc(Br)c(Cl)c1. The molecule has 10 heteroatoms. The summed E-state index contributed by atoms with van der Waals surface area (Å²) in [5.41, 5.74) is 0.638. The topological polar surface area (TPSA) is 78.3 Å². The highest BCUT2D eigenvalue weighted by Crippen LogP contribution is 2.26. The fourth-order valence-corrected chi connectivity index (χ4v) is 3.82. The van der Waals surface area contributed by atoms with Crippen LogP contribution in [-0.4, -0.2) is 33.5 Å². The molecule has 7 nitrogen and oxygen atoms in total. The Kier molecular flexibility index (Phi) is 8.01. The summed E-state index contributed by atoms with van der Waals surface area (Å²) in [6.07, 6.45) is 0. The first-order chi connectivity index (χ1) is 14.5. The van der Waals surface area contributed by atoms with Crippen LogP contribution in [0, 0.1) is 0 Å². The second kappa shape index (κ2) is 10.7. The normalized spacial score (nSPS) is 10.7. The first kappa shape index (κ1) is 22.5. The Bertz CT molecular complexity index is 1010. The van der Waals surface area contributed by atoms with Gasteiger partial charge in [-0.2, -0.15) is 0 Å². The van der Waals surface area contributed by atoms with Crippen molar-refractivity contribution in [3.8, 4) is 11.5 Å². The van der Waals surface area contributed by atoms with Gasteiger partial charge in [0.15, 0.2) is 11.0 Å². The Morgan fingerprint density at radius 1 is 1.20 bits per heavy atom. The van der Waals surface area contributed by atoms with Crippen molar-refractivity contribution in [1.82, 2.24) is 14.8 Å². The average molecular weight is 512 g/mol. The molecule has 1 amide bonds. The van der Waals surface area contributed by atoms with Crippen LogP contribution in [0.2, 0.25) is 5.02 Å². The average Bonchev–Trinajstić information content (AvgIpc) is 3.15. The van der Waals surface area contributed by atoms with Crippen molar-refractivity contribution in [1.29, 1.82) is 0 Å². The molecule has 1 heterocycles. The Hall–Kier alpha value is -2.23. The number of nitrogens with zero attached hydrogens (tertiary/aromatic N) is 3. The van der Waals surface area contributed by atoms with Crippen molar-refractivity contribution < 1.29 is 14.3 Å². The number of nitrogens with one attached hydrogen (secondary N) is 1. The van der Waals surface area contributed by atoms with Gasteiger partial charge in [-0.05, 0) is 65.3 Å². The van der Waals surface area contributed by atoms with Crippen LogP contribution >= 0.6 is 39.3 Å². The number of hydrogen-bond donors (Lipinski definition) is 1. The Morgan fingerprint density at radius 2 is 1.93 bits per heavy atom. The van der Waals surface area contributed by atoms with Gasteiger partial charge >= 0.3 is 0 Å². The van der Waals surface area contributed by atoms with Crippen LogP contribution in [0.15, 0.2) is 52.1 Å². The lowest BCUT2D eigenvalue weighted by atomic mass is 10.3. The van der Waals surface area contributed by atoms with Gasteiger partial charge in [0.2, 0.25) is 5.91 Å². The van der Waals surface area contributed by atoms with Crippen molar-refractivity contribution in [2.75, 3.05) is 18.2 Å². The van der Waals surface area contributed by atoms with Gasteiger partial charge in [0.05, 0.1) is 17.9 Å². The molecule has 0 atom stereocenters. The van der Waals surface area contributed by atoms with Crippen molar-refractivity contribution in [3.05, 3.63) is 57.8 Å². The molecule has 0 fully saturated rings. The number of rotatable bonds is 9. The van der Waals surface area contributed by atoms with Crippen LogP contribution in [0.3, 0.4) is 0 Å². The molecule has 0 bridgehead atoms. The van der Waals surface area contributed by atoms with Crippen LogP contribution < -0.4 is 14.8 Å². The molecule has 3 rings (SSSR count). The molecule has 1 N–H and O–H groups in total. The zero-order valence-electron chi connectivity index (χ0n) is 16.4. The lowest BCUT2D eigenvalue weighted by Crippen LogP contribution is -2.15. The molecule has 0 radical (unpaired) electrons. The lowest BCUT2D eigenvalue weighted by molar-refractivity contribution is -0.113. The smallest absolute Gasteiger partial charge is 0.234 e. The predicted molar refractivity (Wildman–Crippen MR) is 122 cm³/mol. The van der Waals surface area contributed by atoms with E-state index in [0.717, 1.165) is 10.2 Å². The first-order valence-corrected chi connectivity index (χ1v) is 11.2.